The zero-order valence-corrected chi connectivity index (χ0v) is 24.1. The molecule has 4 rings (SSSR count). The monoisotopic (exact) mass is 561 g/mol. The van der Waals surface area contributed by atoms with Crippen LogP contribution in [0.1, 0.15) is 53.7 Å². The second kappa shape index (κ2) is 13.7. The van der Waals surface area contributed by atoms with Crippen molar-refractivity contribution >= 4 is 21.7 Å². The van der Waals surface area contributed by atoms with Gasteiger partial charge in [-0.2, -0.15) is 0 Å². The molecule has 2 amide bonds. The molecule has 8 heteroatoms. The van der Waals surface area contributed by atoms with Crippen molar-refractivity contribution in [3.63, 3.8) is 0 Å². The van der Waals surface area contributed by atoms with Crippen molar-refractivity contribution in [3.05, 3.63) is 102 Å². The number of nitrogens with zero attached hydrogens (tertiary/aromatic N) is 2. The van der Waals surface area contributed by atoms with Gasteiger partial charge in [0.25, 0.3) is 5.91 Å². The van der Waals surface area contributed by atoms with Gasteiger partial charge in [0.1, 0.15) is 0 Å². The number of carbonyl (C=O) groups excluding carboxylic acids is 2. The highest BCUT2D eigenvalue weighted by Gasteiger charge is 2.27. The van der Waals surface area contributed by atoms with E-state index in [1.807, 2.05) is 60.4 Å². The molecule has 1 heterocycles. The number of hydrogen-bond acceptors (Lipinski definition) is 5. The molecule has 212 valence electrons. The minimum Gasteiger partial charge on any atom is -0.345 e. The first-order valence-electron chi connectivity index (χ1n) is 14.0. The molecular weight excluding hydrogens is 522 g/mol. The number of amides is 2. The Balaban J connectivity index is 1.30. The SMILES string of the molecule is CCN(C(=O)Cc1ccc(S(C)(=O)=O)cc1)C1CCN(CC[C@H](NC(=O)c2ccccc2)c2ccccc2)CC1. The number of piperidine rings is 1. The minimum absolute atomic E-state index is 0.0702. The van der Waals surface area contributed by atoms with Gasteiger partial charge in [-0.3, -0.25) is 9.59 Å². The molecular formula is C32H39N3O4S. The maximum atomic E-state index is 13.2. The Bertz CT molecular complexity index is 1350. The smallest absolute Gasteiger partial charge is 0.251 e. The highest BCUT2D eigenvalue weighted by atomic mass is 32.2. The van der Waals surface area contributed by atoms with Crippen LogP contribution in [0.2, 0.25) is 0 Å². The Morgan fingerprint density at radius 1 is 0.925 bits per heavy atom. The van der Waals surface area contributed by atoms with Gasteiger partial charge < -0.3 is 15.1 Å². The Hall–Kier alpha value is -3.49. The van der Waals surface area contributed by atoms with Crippen LogP contribution in [0.25, 0.3) is 0 Å². The lowest BCUT2D eigenvalue weighted by atomic mass is 9.99. The molecule has 0 aromatic heterocycles. The molecule has 0 radical (unpaired) electrons. The van der Waals surface area contributed by atoms with Crippen molar-refractivity contribution in [2.45, 2.75) is 49.6 Å². The summed E-state index contributed by atoms with van der Waals surface area (Å²) < 4.78 is 23.4. The summed E-state index contributed by atoms with van der Waals surface area (Å²) in [4.78, 5) is 30.7. The molecule has 1 N–H and O–H groups in total. The summed E-state index contributed by atoms with van der Waals surface area (Å²) in [5, 5.41) is 3.22. The number of likely N-dealkylation sites (N-methyl/N-ethyl adjacent to an activating group) is 1. The number of hydrogen-bond donors (Lipinski definition) is 1. The van der Waals surface area contributed by atoms with E-state index in [2.05, 4.69) is 22.3 Å². The molecule has 1 aliphatic heterocycles. The summed E-state index contributed by atoms with van der Waals surface area (Å²) >= 11 is 0. The van der Waals surface area contributed by atoms with E-state index in [4.69, 9.17) is 0 Å². The fraction of sp³-hybridized carbons (Fsp3) is 0.375. The fourth-order valence-corrected chi connectivity index (χ4v) is 6.00. The molecule has 0 spiro atoms. The quantitative estimate of drug-likeness (QED) is 0.372. The lowest BCUT2D eigenvalue weighted by Gasteiger charge is -2.38. The van der Waals surface area contributed by atoms with Crippen LogP contribution in [0.4, 0.5) is 0 Å². The van der Waals surface area contributed by atoms with Crippen LogP contribution < -0.4 is 5.32 Å². The van der Waals surface area contributed by atoms with E-state index in [-0.39, 0.29) is 35.2 Å². The zero-order chi connectivity index (χ0) is 28.5. The van der Waals surface area contributed by atoms with Gasteiger partial charge in [0, 0.05) is 44.0 Å². The van der Waals surface area contributed by atoms with Gasteiger partial charge in [0.05, 0.1) is 17.4 Å². The van der Waals surface area contributed by atoms with Crippen molar-refractivity contribution < 1.29 is 18.0 Å². The number of likely N-dealkylation sites (tertiary alicyclic amines) is 1. The first-order chi connectivity index (χ1) is 19.2. The highest BCUT2D eigenvalue weighted by Crippen LogP contribution is 2.22. The summed E-state index contributed by atoms with van der Waals surface area (Å²) in [7, 11) is -3.26. The van der Waals surface area contributed by atoms with Crippen LogP contribution in [-0.4, -0.2) is 68.5 Å². The molecule has 1 saturated heterocycles. The predicted octanol–water partition coefficient (Wildman–Crippen LogP) is 4.51. The number of rotatable bonds is 11. The molecule has 3 aromatic rings. The van der Waals surface area contributed by atoms with E-state index in [0.29, 0.717) is 12.1 Å². The Morgan fingerprint density at radius 3 is 2.10 bits per heavy atom. The molecule has 7 nitrogen and oxygen atoms in total. The Morgan fingerprint density at radius 2 is 1.52 bits per heavy atom. The number of sulfone groups is 1. The maximum absolute atomic E-state index is 13.2. The van der Waals surface area contributed by atoms with Crippen LogP contribution in [0, 0.1) is 0 Å². The van der Waals surface area contributed by atoms with E-state index in [0.717, 1.165) is 50.0 Å². The number of benzene rings is 3. The van der Waals surface area contributed by atoms with E-state index in [1.54, 1.807) is 24.3 Å². The van der Waals surface area contributed by atoms with Gasteiger partial charge in [-0.05, 0) is 61.6 Å². The Kier molecular flexibility index (Phi) is 10.1. The van der Waals surface area contributed by atoms with Gasteiger partial charge in [-0.1, -0.05) is 60.7 Å². The summed E-state index contributed by atoms with van der Waals surface area (Å²) in [6.07, 6.45) is 4.05. The van der Waals surface area contributed by atoms with Crippen LogP contribution in [-0.2, 0) is 21.1 Å². The highest BCUT2D eigenvalue weighted by molar-refractivity contribution is 7.90. The second-order valence-electron chi connectivity index (χ2n) is 10.4. The number of carbonyl (C=O) groups is 2. The molecule has 40 heavy (non-hydrogen) atoms. The summed E-state index contributed by atoms with van der Waals surface area (Å²) in [5.41, 5.74) is 2.56. The second-order valence-corrected chi connectivity index (χ2v) is 12.5. The van der Waals surface area contributed by atoms with Crippen LogP contribution >= 0.6 is 0 Å². The normalized spacial score (nSPS) is 15.3. The van der Waals surface area contributed by atoms with E-state index in [1.165, 1.54) is 6.26 Å². The van der Waals surface area contributed by atoms with Crippen molar-refractivity contribution in [1.82, 2.24) is 15.1 Å². The average Bonchev–Trinajstić information content (AvgIpc) is 2.97. The third kappa shape index (κ3) is 8.02. The number of nitrogens with one attached hydrogen (secondary N) is 1. The minimum atomic E-state index is -3.26. The summed E-state index contributed by atoms with van der Waals surface area (Å²) in [6.45, 7) is 5.30. The van der Waals surface area contributed by atoms with Crippen molar-refractivity contribution in [2.75, 3.05) is 32.4 Å². The molecule has 1 fully saturated rings. The predicted molar refractivity (Wildman–Crippen MR) is 158 cm³/mol. The summed E-state index contributed by atoms with van der Waals surface area (Å²) in [6, 6.07) is 26.1. The molecule has 0 aliphatic carbocycles. The van der Waals surface area contributed by atoms with Crippen LogP contribution in [0.15, 0.2) is 89.8 Å². The first kappa shape index (κ1) is 29.5. The van der Waals surface area contributed by atoms with Gasteiger partial charge >= 0.3 is 0 Å². The lowest BCUT2D eigenvalue weighted by Crippen LogP contribution is -2.48. The van der Waals surface area contributed by atoms with Crippen molar-refractivity contribution in [2.24, 2.45) is 0 Å². The lowest BCUT2D eigenvalue weighted by molar-refractivity contribution is -0.133. The topological polar surface area (TPSA) is 86.8 Å². The average molecular weight is 562 g/mol. The van der Waals surface area contributed by atoms with E-state index in [9.17, 15) is 18.0 Å². The van der Waals surface area contributed by atoms with E-state index >= 15 is 0 Å². The third-order valence-corrected chi connectivity index (χ3v) is 8.77. The first-order valence-corrected chi connectivity index (χ1v) is 15.9. The van der Waals surface area contributed by atoms with Gasteiger partial charge in [-0.25, -0.2) is 8.42 Å². The molecule has 0 saturated carbocycles. The van der Waals surface area contributed by atoms with Crippen LogP contribution in [0.3, 0.4) is 0 Å². The molecule has 0 unspecified atom stereocenters. The van der Waals surface area contributed by atoms with Crippen LogP contribution in [0.5, 0.6) is 0 Å². The molecule has 1 atom stereocenters. The molecule has 1 aliphatic rings. The van der Waals surface area contributed by atoms with Gasteiger partial charge in [0.2, 0.25) is 5.91 Å². The van der Waals surface area contributed by atoms with Crippen molar-refractivity contribution in [1.29, 1.82) is 0 Å². The van der Waals surface area contributed by atoms with Gasteiger partial charge in [0.15, 0.2) is 9.84 Å². The van der Waals surface area contributed by atoms with E-state index < -0.39 is 9.84 Å². The maximum Gasteiger partial charge on any atom is 0.251 e. The zero-order valence-electron chi connectivity index (χ0n) is 23.3. The largest absolute Gasteiger partial charge is 0.345 e. The summed E-state index contributed by atoms with van der Waals surface area (Å²) in [5.74, 6) is -0.00274. The molecule has 3 aromatic carbocycles. The molecule has 0 bridgehead atoms. The third-order valence-electron chi connectivity index (χ3n) is 7.64. The van der Waals surface area contributed by atoms with Gasteiger partial charge in [-0.15, -0.1) is 0 Å². The standard InChI is InChI=1S/C32H39N3O4S/c1-3-35(31(36)24-25-14-16-29(17-15-25)40(2,38)39)28-18-21-34(22-19-28)23-20-30(26-10-6-4-7-11-26)33-32(37)27-12-8-5-9-13-27/h4-17,28,30H,3,18-24H2,1-2H3,(H,33,37)/t30-/m0/s1. The van der Waals surface area contributed by atoms with Crippen molar-refractivity contribution in [3.8, 4) is 0 Å². The fourth-order valence-electron chi connectivity index (χ4n) is 5.37. The Labute approximate surface area is 238 Å².